The van der Waals surface area contributed by atoms with Crippen LogP contribution >= 0.6 is 11.3 Å². The largest absolute Gasteiger partial charge is 0.383 e. The number of thiophene rings is 1. The minimum Gasteiger partial charge on any atom is -0.383 e. The SMILES string of the molecule is Nc1cc(=O)[nH]c2nc(-c3cccs3)nn12. The molecule has 0 aliphatic rings. The van der Waals surface area contributed by atoms with Crippen LogP contribution in [-0.4, -0.2) is 19.6 Å². The van der Waals surface area contributed by atoms with Gasteiger partial charge in [-0.3, -0.25) is 9.78 Å². The number of aromatic nitrogens is 4. The van der Waals surface area contributed by atoms with E-state index in [-0.39, 0.29) is 11.4 Å². The van der Waals surface area contributed by atoms with E-state index in [4.69, 9.17) is 5.73 Å². The lowest BCUT2D eigenvalue weighted by atomic mass is 10.4. The second-order valence-corrected chi connectivity index (χ2v) is 4.15. The highest BCUT2D eigenvalue weighted by atomic mass is 32.1. The van der Waals surface area contributed by atoms with Crippen molar-refractivity contribution in [2.24, 2.45) is 0 Å². The Kier molecular flexibility index (Phi) is 1.80. The van der Waals surface area contributed by atoms with Gasteiger partial charge in [-0.25, -0.2) is 0 Å². The summed E-state index contributed by atoms with van der Waals surface area (Å²) in [6.07, 6.45) is 0. The fourth-order valence-electron chi connectivity index (χ4n) is 1.42. The van der Waals surface area contributed by atoms with Gasteiger partial charge in [0.15, 0.2) is 5.82 Å². The first kappa shape index (κ1) is 9.10. The lowest BCUT2D eigenvalue weighted by molar-refractivity contribution is 0.947. The van der Waals surface area contributed by atoms with Crippen molar-refractivity contribution >= 4 is 22.9 Å². The number of anilines is 1. The standard InChI is InChI=1S/C9H7N5OS/c10-6-4-7(15)11-9-12-8(13-14(6)9)5-2-1-3-16-5/h1-4H,10H2,(H,11,12,13,15). The van der Waals surface area contributed by atoms with E-state index in [2.05, 4.69) is 15.1 Å². The first-order chi connectivity index (χ1) is 7.74. The summed E-state index contributed by atoms with van der Waals surface area (Å²) in [7, 11) is 0. The van der Waals surface area contributed by atoms with E-state index in [9.17, 15) is 4.79 Å². The van der Waals surface area contributed by atoms with Gasteiger partial charge in [-0.15, -0.1) is 16.4 Å². The number of hydrogen-bond acceptors (Lipinski definition) is 5. The van der Waals surface area contributed by atoms with E-state index < -0.39 is 0 Å². The molecule has 3 aromatic rings. The molecule has 0 unspecified atom stereocenters. The summed E-state index contributed by atoms with van der Waals surface area (Å²) in [4.78, 5) is 18.9. The summed E-state index contributed by atoms with van der Waals surface area (Å²) >= 11 is 1.53. The minimum atomic E-state index is -0.282. The Bertz CT molecular complexity index is 696. The number of nitrogens with two attached hydrogens (primary N) is 1. The first-order valence-corrected chi connectivity index (χ1v) is 5.41. The Balaban J connectivity index is 2.31. The monoisotopic (exact) mass is 233 g/mol. The van der Waals surface area contributed by atoms with E-state index in [1.807, 2.05) is 17.5 Å². The average Bonchev–Trinajstić information content (AvgIpc) is 2.82. The maximum Gasteiger partial charge on any atom is 0.254 e. The molecular formula is C9H7N5OS. The molecule has 0 aliphatic heterocycles. The molecule has 3 N–H and O–H groups in total. The topological polar surface area (TPSA) is 89.1 Å². The van der Waals surface area contributed by atoms with Crippen molar-refractivity contribution in [3.8, 4) is 10.7 Å². The second kappa shape index (κ2) is 3.17. The maximum atomic E-state index is 11.2. The van der Waals surface area contributed by atoms with Crippen LogP contribution in [0.4, 0.5) is 5.82 Å². The van der Waals surface area contributed by atoms with Gasteiger partial charge in [-0.05, 0) is 11.4 Å². The van der Waals surface area contributed by atoms with Crippen molar-refractivity contribution in [3.05, 3.63) is 33.9 Å². The second-order valence-electron chi connectivity index (χ2n) is 3.21. The summed E-state index contributed by atoms with van der Waals surface area (Å²) in [5, 5.41) is 6.15. The van der Waals surface area contributed by atoms with Crippen LogP contribution in [0.5, 0.6) is 0 Å². The molecule has 0 fully saturated rings. The number of nitrogens with zero attached hydrogens (tertiary/aromatic N) is 3. The van der Waals surface area contributed by atoms with Gasteiger partial charge < -0.3 is 5.73 Å². The maximum absolute atomic E-state index is 11.2. The number of rotatable bonds is 1. The van der Waals surface area contributed by atoms with E-state index >= 15 is 0 Å². The zero-order valence-electron chi connectivity index (χ0n) is 8.04. The number of H-pyrrole nitrogens is 1. The van der Waals surface area contributed by atoms with E-state index in [0.717, 1.165) is 4.88 Å². The number of hydrogen-bond donors (Lipinski definition) is 2. The molecule has 0 aromatic carbocycles. The van der Waals surface area contributed by atoms with Crippen LogP contribution in [-0.2, 0) is 0 Å². The van der Waals surface area contributed by atoms with Crippen molar-refractivity contribution in [3.63, 3.8) is 0 Å². The third-order valence-electron chi connectivity index (χ3n) is 2.11. The Morgan fingerprint density at radius 1 is 1.50 bits per heavy atom. The zero-order valence-corrected chi connectivity index (χ0v) is 8.86. The van der Waals surface area contributed by atoms with Crippen LogP contribution < -0.4 is 11.3 Å². The fourth-order valence-corrected chi connectivity index (χ4v) is 2.08. The van der Waals surface area contributed by atoms with Gasteiger partial charge in [0.2, 0.25) is 5.78 Å². The van der Waals surface area contributed by atoms with Crippen LogP contribution in [0.3, 0.4) is 0 Å². The van der Waals surface area contributed by atoms with Crippen LogP contribution in [0.25, 0.3) is 16.5 Å². The predicted molar refractivity (Wildman–Crippen MR) is 61.3 cm³/mol. The molecule has 3 aromatic heterocycles. The summed E-state index contributed by atoms with van der Waals surface area (Å²) in [5.41, 5.74) is 5.39. The lowest BCUT2D eigenvalue weighted by Gasteiger charge is -1.93. The quantitative estimate of drug-likeness (QED) is 0.648. The van der Waals surface area contributed by atoms with E-state index in [1.165, 1.54) is 21.9 Å². The van der Waals surface area contributed by atoms with Crippen LogP contribution in [0, 0.1) is 0 Å². The van der Waals surface area contributed by atoms with Gasteiger partial charge in [-0.1, -0.05) is 6.07 Å². The van der Waals surface area contributed by atoms with E-state index in [0.29, 0.717) is 11.6 Å². The Labute approximate surface area is 93.4 Å². The Hall–Kier alpha value is -2.15. The van der Waals surface area contributed by atoms with Crippen molar-refractivity contribution in [1.82, 2.24) is 19.6 Å². The predicted octanol–water partition coefficient (Wildman–Crippen LogP) is 0.728. The summed E-state index contributed by atoms with van der Waals surface area (Å²) in [6.45, 7) is 0. The molecule has 0 saturated heterocycles. The Morgan fingerprint density at radius 3 is 3.12 bits per heavy atom. The van der Waals surface area contributed by atoms with Gasteiger partial charge in [0.25, 0.3) is 5.56 Å². The zero-order chi connectivity index (χ0) is 11.1. The Morgan fingerprint density at radius 2 is 2.38 bits per heavy atom. The number of aromatic amines is 1. The molecule has 6 nitrogen and oxygen atoms in total. The van der Waals surface area contributed by atoms with Crippen LogP contribution in [0.1, 0.15) is 0 Å². The van der Waals surface area contributed by atoms with E-state index in [1.54, 1.807) is 0 Å². The third-order valence-corrected chi connectivity index (χ3v) is 2.97. The first-order valence-electron chi connectivity index (χ1n) is 4.53. The molecule has 0 saturated carbocycles. The van der Waals surface area contributed by atoms with Gasteiger partial charge in [0.05, 0.1) is 4.88 Å². The normalized spacial score (nSPS) is 11.0. The highest BCUT2D eigenvalue weighted by Gasteiger charge is 2.09. The molecule has 3 heterocycles. The molecule has 0 atom stereocenters. The number of nitrogens with one attached hydrogen (secondary N) is 1. The molecule has 16 heavy (non-hydrogen) atoms. The van der Waals surface area contributed by atoms with Crippen molar-refractivity contribution in [2.75, 3.05) is 5.73 Å². The number of nitrogen functional groups attached to an aromatic ring is 1. The molecule has 0 amide bonds. The summed E-state index contributed by atoms with van der Waals surface area (Å²) < 4.78 is 1.41. The molecule has 0 bridgehead atoms. The smallest absolute Gasteiger partial charge is 0.254 e. The lowest BCUT2D eigenvalue weighted by Crippen LogP contribution is -2.11. The van der Waals surface area contributed by atoms with Gasteiger partial charge in [-0.2, -0.15) is 9.50 Å². The molecular weight excluding hydrogens is 226 g/mol. The molecule has 3 rings (SSSR count). The molecule has 80 valence electrons. The van der Waals surface area contributed by atoms with Crippen molar-refractivity contribution in [2.45, 2.75) is 0 Å². The van der Waals surface area contributed by atoms with Gasteiger partial charge in [0, 0.05) is 6.07 Å². The highest BCUT2D eigenvalue weighted by molar-refractivity contribution is 7.13. The van der Waals surface area contributed by atoms with Crippen LogP contribution in [0.2, 0.25) is 0 Å². The third kappa shape index (κ3) is 1.29. The molecule has 7 heteroatoms. The molecule has 0 radical (unpaired) electrons. The summed E-state index contributed by atoms with van der Waals surface area (Å²) in [6, 6.07) is 5.10. The summed E-state index contributed by atoms with van der Waals surface area (Å²) in [5.74, 6) is 1.19. The minimum absolute atomic E-state index is 0.272. The van der Waals surface area contributed by atoms with Crippen molar-refractivity contribution < 1.29 is 0 Å². The number of fused-ring (bicyclic) bond motifs is 1. The average molecular weight is 233 g/mol. The van der Waals surface area contributed by atoms with Crippen LogP contribution in [0.15, 0.2) is 28.4 Å². The molecule has 0 aliphatic carbocycles. The fraction of sp³-hybridized carbons (Fsp3) is 0. The van der Waals surface area contributed by atoms with Gasteiger partial charge >= 0.3 is 0 Å². The van der Waals surface area contributed by atoms with Gasteiger partial charge in [0.1, 0.15) is 5.82 Å². The van der Waals surface area contributed by atoms with Crippen molar-refractivity contribution in [1.29, 1.82) is 0 Å². The molecule has 0 spiro atoms. The highest BCUT2D eigenvalue weighted by Crippen LogP contribution is 2.21.